The van der Waals surface area contributed by atoms with Gasteiger partial charge in [-0.05, 0) is 17.6 Å². The van der Waals surface area contributed by atoms with E-state index in [1.807, 2.05) is 36.4 Å². The fourth-order valence-corrected chi connectivity index (χ4v) is 3.11. The predicted octanol–water partition coefficient (Wildman–Crippen LogP) is 1.61. The van der Waals surface area contributed by atoms with Crippen molar-refractivity contribution < 1.29 is 33.4 Å². The molecule has 1 aliphatic carbocycles. The predicted molar refractivity (Wildman–Crippen MR) is 71.5 cm³/mol. The van der Waals surface area contributed by atoms with Crippen molar-refractivity contribution in [1.29, 1.82) is 0 Å². The van der Waals surface area contributed by atoms with E-state index in [4.69, 9.17) is 10.3 Å². The van der Waals surface area contributed by atoms with Gasteiger partial charge in [0.2, 0.25) is 0 Å². The summed E-state index contributed by atoms with van der Waals surface area (Å²) in [5, 5.41) is 0. The summed E-state index contributed by atoms with van der Waals surface area (Å²) in [4.78, 5) is 0. The van der Waals surface area contributed by atoms with Gasteiger partial charge in [-0.25, -0.2) is 0 Å². The van der Waals surface area contributed by atoms with Crippen molar-refractivity contribution in [3.63, 3.8) is 0 Å². The van der Waals surface area contributed by atoms with E-state index in [0.29, 0.717) is 6.42 Å². The van der Waals surface area contributed by atoms with Gasteiger partial charge in [0.25, 0.3) is 10.1 Å². The first-order chi connectivity index (χ1) is 8.41. The summed E-state index contributed by atoms with van der Waals surface area (Å²) in [6, 6.07) is 9.35. The first-order valence-corrected chi connectivity index (χ1v) is 7.18. The topological polar surface area (TPSA) is 80.4 Å². The van der Waals surface area contributed by atoms with Gasteiger partial charge in [-0.2, -0.15) is 8.42 Å². The maximum Gasteiger partial charge on any atom is 0.267 e. The van der Waals surface area contributed by atoms with Gasteiger partial charge in [0.1, 0.15) is 0 Å². The molecule has 0 fully saturated rings. The van der Waals surface area contributed by atoms with E-state index < -0.39 is 21.4 Å². The normalized spacial score (nSPS) is 22.5. The Morgan fingerprint density at radius 2 is 1.89 bits per heavy atom. The maximum atomic E-state index is 11.1. The molecule has 0 radical (unpaired) electrons. The number of hydrogen-bond acceptors (Lipinski definition) is 3. The minimum atomic E-state index is -4.12. The summed E-state index contributed by atoms with van der Waals surface area (Å²) < 4.78 is 31.3. The van der Waals surface area contributed by atoms with Gasteiger partial charge in [0.15, 0.2) is 0 Å². The molecule has 1 aromatic carbocycles. The molecule has 106 valence electrons. The molecule has 0 amide bonds. The summed E-state index contributed by atoms with van der Waals surface area (Å²) in [7, 11) is -4.12. The van der Waals surface area contributed by atoms with Crippen LogP contribution in [0.3, 0.4) is 0 Å². The summed E-state index contributed by atoms with van der Waals surface area (Å²) in [5.41, 5.74) is 6.68. The first kappa shape index (κ1) is 16.3. The van der Waals surface area contributed by atoms with Crippen LogP contribution in [0, 0.1) is 0 Å². The fourth-order valence-electron chi connectivity index (χ4n) is 2.18. The molecule has 0 aromatic heterocycles. The second kappa shape index (κ2) is 6.12. The van der Waals surface area contributed by atoms with Crippen molar-refractivity contribution in [2.45, 2.75) is 12.0 Å². The molecule has 3 N–H and O–H groups in total. The molecule has 1 atom stereocenters. The molecule has 0 bridgehead atoms. The Labute approximate surface area is 126 Å². The van der Waals surface area contributed by atoms with Crippen molar-refractivity contribution in [3.05, 3.63) is 54.1 Å². The van der Waals surface area contributed by atoms with Crippen LogP contribution >= 0.6 is 0 Å². The molecular formula is C13H15NO3PdS. The van der Waals surface area contributed by atoms with E-state index in [1.165, 1.54) is 0 Å². The minimum absolute atomic E-state index is 0. The van der Waals surface area contributed by atoms with Crippen molar-refractivity contribution >= 4 is 15.7 Å². The average molecular weight is 372 g/mol. The van der Waals surface area contributed by atoms with Crippen LogP contribution in [-0.4, -0.2) is 24.3 Å². The molecule has 0 aliphatic heterocycles. The number of benzene rings is 1. The molecule has 0 spiro atoms. The van der Waals surface area contributed by atoms with Gasteiger partial charge in [-0.15, -0.1) is 0 Å². The van der Waals surface area contributed by atoms with Crippen LogP contribution in [0.2, 0.25) is 0 Å². The molecule has 0 saturated heterocycles. The zero-order chi connectivity index (χ0) is 13.2. The van der Waals surface area contributed by atoms with Crippen molar-refractivity contribution in [2.75, 3.05) is 5.75 Å². The molecule has 19 heavy (non-hydrogen) atoms. The average Bonchev–Trinajstić information content (AvgIpc) is 2.27. The van der Waals surface area contributed by atoms with E-state index in [9.17, 15) is 8.42 Å². The van der Waals surface area contributed by atoms with Gasteiger partial charge < -0.3 is 5.73 Å². The monoisotopic (exact) mass is 371 g/mol. The summed E-state index contributed by atoms with van der Waals surface area (Å²) in [5.74, 6) is -0.481. The SMILES string of the molecule is NC1(CS(=O)(=O)O)CC=CC=C1c1ccccc1.[Pd]. The Balaban J connectivity index is 0.00000180. The van der Waals surface area contributed by atoms with E-state index in [1.54, 1.807) is 12.2 Å². The van der Waals surface area contributed by atoms with Gasteiger partial charge in [0.05, 0.1) is 11.3 Å². The number of allylic oxidation sites excluding steroid dienone is 2. The third kappa shape index (κ3) is 4.10. The van der Waals surface area contributed by atoms with Crippen LogP contribution in [0.25, 0.3) is 5.57 Å². The molecule has 1 unspecified atom stereocenters. The second-order valence-electron chi connectivity index (χ2n) is 4.46. The number of rotatable bonds is 3. The zero-order valence-electron chi connectivity index (χ0n) is 10.1. The number of nitrogens with two attached hydrogens (primary N) is 1. The number of hydrogen-bond donors (Lipinski definition) is 2. The molecule has 0 saturated carbocycles. The Hall–Kier alpha value is -0.768. The van der Waals surface area contributed by atoms with E-state index >= 15 is 0 Å². The van der Waals surface area contributed by atoms with Crippen LogP contribution in [0.1, 0.15) is 12.0 Å². The van der Waals surface area contributed by atoms with E-state index in [-0.39, 0.29) is 20.4 Å². The quantitative estimate of drug-likeness (QED) is 0.625. The maximum absolute atomic E-state index is 11.1. The van der Waals surface area contributed by atoms with Crippen LogP contribution in [0.15, 0.2) is 48.6 Å². The Morgan fingerprint density at radius 3 is 2.47 bits per heavy atom. The van der Waals surface area contributed by atoms with Crippen molar-refractivity contribution in [2.24, 2.45) is 5.73 Å². The smallest absolute Gasteiger partial charge is 0.267 e. The van der Waals surface area contributed by atoms with Crippen LogP contribution in [0.4, 0.5) is 0 Å². The van der Waals surface area contributed by atoms with Crippen LogP contribution < -0.4 is 5.73 Å². The van der Waals surface area contributed by atoms with Gasteiger partial charge in [-0.1, -0.05) is 48.6 Å². The standard InChI is InChI=1S/C13H15NO3S.Pd/c14-13(10-18(15,16)17)9-5-4-8-12(13)11-6-2-1-3-7-11;/h1-8H,9-10,14H2,(H,15,16,17);. The molecule has 2 rings (SSSR count). The Bertz CT molecular complexity index is 596. The van der Waals surface area contributed by atoms with Crippen molar-refractivity contribution in [1.82, 2.24) is 0 Å². The van der Waals surface area contributed by atoms with Crippen LogP contribution in [0.5, 0.6) is 0 Å². The minimum Gasteiger partial charge on any atom is -0.320 e. The summed E-state index contributed by atoms with van der Waals surface area (Å²) >= 11 is 0. The van der Waals surface area contributed by atoms with E-state index in [0.717, 1.165) is 11.1 Å². The molecule has 4 nitrogen and oxygen atoms in total. The molecule has 0 heterocycles. The summed E-state index contributed by atoms with van der Waals surface area (Å²) in [6.07, 6.45) is 5.83. The van der Waals surface area contributed by atoms with Crippen LogP contribution in [-0.2, 0) is 30.5 Å². The van der Waals surface area contributed by atoms with Gasteiger partial charge >= 0.3 is 0 Å². The third-order valence-corrected chi connectivity index (χ3v) is 3.82. The summed E-state index contributed by atoms with van der Waals surface area (Å²) in [6.45, 7) is 0. The first-order valence-electron chi connectivity index (χ1n) is 5.57. The zero-order valence-corrected chi connectivity index (χ0v) is 12.5. The van der Waals surface area contributed by atoms with Gasteiger partial charge in [0, 0.05) is 20.4 Å². The third-order valence-electron chi connectivity index (χ3n) is 2.94. The van der Waals surface area contributed by atoms with Gasteiger partial charge in [-0.3, -0.25) is 4.55 Å². The fraction of sp³-hybridized carbons (Fsp3) is 0.231. The Morgan fingerprint density at radius 1 is 1.26 bits per heavy atom. The van der Waals surface area contributed by atoms with Crippen molar-refractivity contribution in [3.8, 4) is 0 Å². The largest absolute Gasteiger partial charge is 0.320 e. The second-order valence-corrected chi connectivity index (χ2v) is 5.91. The molecule has 6 heteroatoms. The molecule has 1 aliphatic rings. The Kier molecular flexibility index (Phi) is 5.25. The molecular weight excluding hydrogens is 357 g/mol. The van der Waals surface area contributed by atoms with E-state index in [2.05, 4.69) is 0 Å². The molecule has 1 aromatic rings.